The van der Waals surface area contributed by atoms with Crippen molar-refractivity contribution in [2.24, 2.45) is 0 Å². The van der Waals surface area contributed by atoms with Crippen molar-refractivity contribution in [3.8, 4) is 5.75 Å². The fraction of sp³-hybridized carbons (Fsp3) is 0.417. The van der Waals surface area contributed by atoms with Gasteiger partial charge in [-0.1, -0.05) is 26.0 Å². The Morgan fingerprint density at radius 2 is 1.93 bits per heavy atom. The third-order valence-corrected chi connectivity index (χ3v) is 5.27. The summed E-state index contributed by atoms with van der Waals surface area (Å²) in [5, 5.41) is 0. The van der Waals surface area contributed by atoms with Crippen LogP contribution in [0.2, 0.25) is 0 Å². The molecule has 5 heteroatoms. The number of carbonyl (C=O) groups is 1. The number of rotatable bonds is 9. The summed E-state index contributed by atoms with van der Waals surface area (Å²) in [7, 11) is 1.67. The lowest BCUT2D eigenvalue weighted by atomic mass is 9.91. The second-order valence-corrected chi connectivity index (χ2v) is 7.53. The topological polar surface area (TPSA) is 46.8 Å². The molecule has 2 heterocycles. The third kappa shape index (κ3) is 4.78. The van der Waals surface area contributed by atoms with Gasteiger partial charge >= 0.3 is 0 Å². The molecule has 0 bridgehead atoms. The van der Waals surface area contributed by atoms with Crippen LogP contribution in [-0.2, 0) is 4.79 Å². The first kappa shape index (κ1) is 20.9. The first-order chi connectivity index (χ1) is 14.1. The van der Waals surface area contributed by atoms with Crippen molar-refractivity contribution in [1.82, 2.24) is 14.3 Å². The van der Waals surface area contributed by atoms with Gasteiger partial charge in [0.1, 0.15) is 11.4 Å². The number of nitrogens with zero attached hydrogens (tertiary/aromatic N) is 3. The molecule has 0 radical (unpaired) electrons. The molecule has 0 spiro atoms. The molecule has 0 aliphatic heterocycles. The molecule has 0 aliphatic carbocycles. The number of methoxy groups -OCH3 is 1. The van der Waals surface area contributed by atoms with Gasteiger partial charge in [-0.2, -0.15) is 0 Å². The normalized spacial score (nSPS) is 12.1. The highest BCUT2D eigenvalue weighted by Crippen LogP contribution is 2.31. The summed E-state index contributed by atoms with van der Waals surface area (Å²) < 4.78 is 7.53. The van der Waals surface area contributed by atoms with Gasteiger partial charge in [0, 0.05) is 37.8 Å². The van der Waals surface area contributed by atoms with Gasteiger partial charge in [0.25, 0.3) is 0 Å². The second kappa shape index (κ2) is 9.59. The van der Waals surface area contributed by atoms with E-state index < -0.39 is 0 Å². The van der Waals surface area contributed by atoms with Gasteiger partial charge in [0.05, 0.1) is 12.8 Å². The van der Waals surface area contributed by atoms with E-state index in [1.165, 1.54) is 5.56 Å². The number of fused-ring (bicyclic) bond motifs is 1. The van der Waals surface area contributed by atoms with Gasteiger partial charge in [-0.05, 0) is 55.2 Å². The average molecular weight is 394 g/mol. The van der Waals surface area contributed by atoms with E-state index in [4.69, 9.17) is 4.74 Å². The first-order valence-electron chi connectivity index (χ1n) is 10.4. The summed E-state index contributed by atoms with van der Waals surface area (Å²) in [4.78, 5) is 19.8. The van der Waals surface area contributed by atoms with Crippen LogP contribution in [0, 0.1) is 6.92 Å². The fourth-order valence-electron chi connectivity index (χ4n) is 3.82. The SMILES string of the molecule is CCCN(CCC)C(=O)CC(c1cccc(OC)c1)c1cnc2cc(C)ccn12. The number of benzene rings is 1. The molecule has 154 valence electrons. The summed E-state index contributed by atoms with van der Waals surface area (Å²) >= 11 is 0. The van der Waals surface area contributed by atoms with Crippen LogP contribution < -0.4 is 4.74 Å². The zero-order valence-electron chi connectivity index (χ0n) is 17.9. The van der Waals surface area contributed by atoms with Crippen LogP contribution in [0.5, 0.6) is 5.75 Å². The minimum absolute atomic E-state index is 0.0912. The Bertz CT molecular complexity index is 958. The molecule has 29 heavy (non-hydrogen) atoms. The quantitative estimate of drug-likeness (QED) is 0.523. The van der Waals surface area contributed by atoms with Crippen molar-refractivity contribution in [3.05, 3.63) is 65.6 Å². The Morgan fingerprint density at radius 1 is 1.17 bits per heavy atom. The third-order valence-electron chi connectivity index (χ3n) is 5.27. The Labute approximate surface area is 173 Å². The molecule has 1 amide bonds. The highest BCUT2D eigenvalue weighted by Gasteiger charge is 2.24. The molecule has 0 aliphatic rings. The van der Waals surface area contributed by atoms with E-state index in [1.54, 1.807) is 7.11 Å². The first-order valence-corrected chi connectivity index (χ1v) is 10.4. The molecule has 3 aromatic rings. The lowest BCUT2D eigenvalue weighted by molar-refractivity contribution is -0.131. The number of imidazole rings is 1. The average Bonchev–Trinajstić information content (AvgIpc) is 3.14. The molecule has 0 N–H and O–H groups in total. The van der Waals surface area contributed by atoms with Gasteiger partial charge < -0.3 is 14.0 Å². The maximum Gasteiger partial charge on any atom is 0.223 e. The van der Waals surface area contributed by atoms with Crippen molar-refractivity contribution >= 4 is 11.6 Å². The van der Waals surface area contributed by atoms with E-state index in [2.05, 4.69) is 48.4 Å². The number of hydrogen-bond donors (Lipinski definition) is 0. The largest absolute Gasteiger partial charge is 0.497 e. The summed E-state index contributed by atoms with van der Waals surface area (Å²) in [6.45, 7) is 7.88. The second-order valence-electron chi connectivity index (χ2n) is 7.53. The van der Waals surface area contributed by atoms with Crippen LogP contribution in [0.15, 0.2) is 48.8 Å². The van der Waals surface area contributed by atoms with Crippen LogP contribution in [0.3, 0.4) is 0 Å². The predicted molar refractivity (Wildman–Crippen MR) is 117 cm³/mol. The minimum Gasteiger partial charge on any atom is -0.497 e. The highest BCUT2D eigenvalue weighted by molar-refractivity contribution is 5.77. The van der Waals surface area contributed by atoms with Crippen LogP contribution in [0.1, 0.15) is 55.8 Å². The number of pyridine rings is 1. The van der Waals surface area contributed by atoms with Crippen LogP contribution in [0.4, 0.5) is 0 Å². The summed E-state index contributed by atoms with van der Waals surface area (Å²) in [6.07, 6.45) is 6.28. The fourth-order valence-corrected chi connectivity index (χ4v) is 3.82. The van der Waals surface area contributed by atoms with Crippen LogP contribution in [0.25, 0.3) is 5.65 Å². The number of carbonyl (C=O) groups excluding carboxylic acids is 1. The smallest absolute Gasteiger partial charge is 0.223 e. The van der Waals surface area contributed by atoms with E-state index in [1.807, 2.05) is 35.5 Å². The summed E-state index contributed by atoms with van der Waals surface area (Å²) in [5.41, 5.74) is 4.16. The molecule has 1 aromatic carbocycles. The van der Waals surface area contributed by atoms with E-state index in [-0.39, 0.29) is 11.8 Å². The summed E-state index contributed by atoms with van der Waals surface area (Å²) in [5.74, 6) is 0.888. The Morgan fingerprint density at radius 3 is 2.62 bits per heavy atom. The van der Waals surface area contributed by atoms with Gasteiger partial charge in [0.15, 0.2) is 0 Å². The molecule has 2 aromatic heterocycles. The number of ether oxygens (including phenoxy) is 1. The Hall–Kier alpha value is -2.82. The maximum absolute atomic E-state index is 13.2. The van der Waals surface area contributed by atoms with Gasteiger partial charge in [0.2, 0.25) is 5.91 Å². The highest BCUT2D eigenvalue weighted by atomic mass is 16.5. The standard InChI is InChI=1S/C24H31N3O2/c1-5-11-26(12-6-2)24(28)16-21(19-8-7-9-20(15-19)29-4)22-17-25-23-14-18(3)10-13-27(22)23/h7-10,13-15,17,21H,5-6,11-12,16H2,1-4H3. The zero-order valence-corrected chi connectivity index (χ0v) is 17.9. The molecule has 0 saturated heterocycles. The lowest BCUT2D eigenvalue weighted by Gasteiger charge is -2.25. The molecule has 0 fully saturated rings. The molecule has 3 rings (SSSR count). The Kier molecular flexibility index (Phi) is 6.91. The zero-order chi connectivity index (χ0) is 20.8. The number of aromatic nitrogens is 2. The van der Waals surface area contributed by atoms with Crippen LogP contribution >= 0.6 is 0 Å². The monoisotopic (exact) mass is 393 g/mol. The van der Waals surface area contributed by atoms with Crippen molar-refractivity contribution < 1.29 is 9.53 Å². The van der Waals surface area contributed by atoms with E-state index in [0.717, 1.165) is 48.6 Å². The molecule has 1 unspecified atom stereocenters. The number of aryl methyl sites for hydroxylation is 1. The number of hydrogen-bond acceptors (Lipinski definition) is 3. The van der Waals surface area contributed by atoms with E-state index in [9.17, 15) is 4.79 Å². The molecular weight excluding hydrogens is 362 g/mol. The van der Waals surface area contributed by atoms with Gasteiger partial charge in [-0.3, -0.25) is 4.79 Å². The lowest BCUT2D eigenvalue weighted by Crippen LogP contribution is -2.33. The van der Waals surface area contributed by atoms with Gasteiger partial charge in [-0.25, -0.2) is 4.98 Å². The minimum atomic E-state index is -0.0912. The van der Waals surface area contributed by atoms with Crippen molar-refractivity contribution in [3.63, 3.8) is 0 Å². The number of amides is 1. The predicted octanol–water partition coefficient (Wildman–Crippen LogP) is 4.82. The molecular formula is C24H31N3O2. The van der Waals surface area contributed by atoms with Crippen molar-refractivity contribution in [2.45, 2.75) is 46.0 Å². The van der Waals surface area contributed by atoms with E-state index >= 15 is 0 Å². The molecule has 0 saturated carbocycles. The van der Waals surface area contributed by atoms with Gasteiger partial charge in [-0.15, -0.1) is 0 Å². The summed E-state index contributed by atoms with van der Waals surface area (Å²) in [6, 6.07) is 12.1. The molecule has 5 nitrogen and oxygen atoms in total. The maximum atomic E-state index is 13.2. The Balaban J connectivity index is 2.02. The van der Waals surface area contributed by atoms with Crippen molar-refractivity contribution in [1.29, 1.82) is 0 Å². The molecule has 1 atom stereocenters. The van der Waals surface area contributed by atoms with E-state index in [0.29, 0.717) is 6.42 Å². The van der Waals surface area contributed by atoms with Crippen molar-refractivity contribution in [2.75, 3.05) is 20.2 Å². The van der Waals surface area contributed by atoms with Crippen LogP contribution in [-0.4, -0.2) is 40.4 Å².